The Morgan fingerprint density at radius 3 is 2.55 bits per heavy atom. The number of halogens is 1. The Morgan fingerprint density at radius 1 is 1.20 bits per heavy atom. The summed E-state index contributed by atoms with van der Waals surface area (Å²) in [6.45, 7) is 2.17. The molecule has 2 rings (SSSR count). The molecule has 1 unspecified atom stereocenters. The maximum atomic E-state index is 8.90. The molecule has 20 heavy (non-hydrogen) atoms. The summed E-state index contributed by atoms with van der Waals surface area (Å²) in [7, 11) is 0. The van der Waals surface area contributed by atoms with E-state index in [4.69, 9.17) is 16.9 Å². The number of hydrogen-bond donors (Lipinski definition) is 1. The van der Waals surface area contributed by atoms with Gasteiger partial charge in [0.2, 0.25) is 0 Å². The molecule has 0 bridgehead atoms. The van der Waals surface area contributed by atoms with Crippen molar-refractivity contribution in [1.29, 1.82) is 5.26 Å². The van der Waals surface area contributed by atoms with Crippen LogP contribution >= 0.6 is 11.6 Å². The van der Waals surface area contributed by atoms with Crippen LogP contribution in [0.15, 0.2) is 48.5 Å². The predicted molar refractivity (Wildman–Crippen MR) is 83.9 cm³/mol. The van der Waals surface area contributed by atoms with E-state index in [9.17, 15) is 0 Å². The summed E-state index contributed by atoms with van der Waals surface area (Å²) in [6, 6.07) is 18.1. The maximum absolute atomic E-state index is 8.90. The first-order chi connectivity index (χ1) is 9.74. The molecular formula is C17H17ClN2. The minimum atomic E-state index is 0.255. The number of nitrogens with zero attached hydrogens (tertiary/aromatic N) is 1. The van der Waals surface area contributed by atoms with Crippen molar-refractivity contribution in [1.82, 2.24) is 0 Å². The Labute approximate surface area is 125 Å². The Balaban J connectivity index is 2.21. The Morgan fingerprint density at radius 2 is 1.95 bits per heavy atom. The number of anilines is 1. The molecule has 2 nitrogen and oxygen atoms in total. The third kappa shape index (κ3) is 3.53. The van der Waals surface area contributed by atoms with E-state index in [2.05, 4.69) is 30.4 Å². The normalized spacial score (nSPS) is 11.7. The van der Waals surface area contributed by atoms with E-state index >= 15 is 0 Å². The van der Waals surface area contributed by atoms with Crippen LogP contribution in [0.25, 0.3) is 0 Å². The molecule has 2 aromatic rings. The van der Waals surface area contributed by atoms with Crippen LogP contribution in [0.3, 0.4) is 0 Å². The lowest BCUT2D eigenvalue weighted by atomic mass is 10.0. The summed E-state index contributed by atoms with van der Waals surface area (Å²) >= 11 is 6.07. The van der Waals surface area contributed by atoms with Gasteiger partial charge < -0.3 is 5.32 Å². The largest absolute Gasteiger partial charge is 0.378 e. The molecule has 0 heterocycles. The second kappa shape index (κ2) is 6.98. The van der Waals surface area contributed by atoms with E-state index in [-0.39, 0.29) is 6.04 Å². The van der Waals surface area contributed by atoms with Crippen LogP contribution in [0.1, 0.15) is 36.9 Å². The lowest BCUT2D eigenvalue weighted by molar-refractivity contribution is 0.677. The monoisotopic (exact) mass is 284 g/mol. The molecule has 1 atom stereocenters. The third-order valence-corrected chi connectivity index (χ3v) is 3.52. The zero-order valence-corrected chi connectivity index (χ0v) is 12.2. The van der Waals surface area contributed by atoms with Crippen LogP contribution in [0.5, 0.6) is 0 Å². The van der Waals surface area contributed by atoms with Crippen LogP contribution in [0.4, 0.5) is 5.69 Å². The Hall–Kier alpha value is -1.98. The smallest absolute Gasteiger partial charge is 0.101 e. The van der Waals surface area contributed by atoms with Crippen LogP contribution in [0, 0.1) is 11.3 Å². The van der Waals surface area contributed by atoms with E-state index < -0.39 is 0 Å². The van der Waals surface area contributed by atoms with E-state index in [1.807, 2.05) is 30.3 Å². The highest BCUT2D eigenvalue weighted by Crippen LogP contribution is 2.26. The van der Waals surface area contributed by atoms with Crippen molar-refractivity contribution in [3.8, 4) is 6.07 Å². The van der Waals surface area contributed by atoms with Gasteiger partial charge in [-0.25, -0.2) is 0 Å². The molecule has 0 saturated heterocycles. The minimum absolute atomic E-state index is 0.255. The SMILES string of the molecule is CCCC(Nc1ccc(C#N)c(Cl)c1)c1ccccc1. The molecule has 102 valence electrons. The molecule has 0 radical (unpaired) electrons. The predicted octanol–water partition coefficient (Wildman–Crippen LogP) is 5.16. The van der Waals surface area contributed by atoms with E-state index in [1.165, 1.54) is 5.56 Å². The highest BCUT2D eigenvalue weighted by Gasteiger charge is 2.10. The van der Waals surface area contributed by atoms with Gasteiger partial charge in [-0.05, 0) is 30.2 Å². The number of benzene rings is 2. The van der Waals surface area contributed by atoms with Crippen molar-refractivity contribution >= 4 is 17.3 Å². The van der Waals surface area contributed by atoms with Crippen molar-refractivity contribution in [2.45, 2.75) is 25.8 Å². The zero-order chi connectivity index (χ0) is 14.4. The van der Waals surface area contributed by atoms with Crippen LogP contribution < -0.4 is 5.32 Å². The van der Waals surface area contributed by atoms with Crippen molar-refractivity contribution in [2.24, 2.45) is 0 Å². The summed E-state index contributed by atoms with van der Waals surface area (Å²) in [5, 5.41) is 12.9. The van der Waals surface area contributed by atoms with Crippen LogP contribution in [0.2, 0.25) is 5.02 Å². The summed E-state index contributed by atoms with van der Waals surface area (Å²) in [6.07, 6.45) is 2.14. The van der Waals surface area contributed by atoms with Gasteiger partial charge in [0.25, 0.3) is 0 Å². The number of hydrogen-bond acceptors (Lipinski definition) is 2. The highest BCUT2D eigenvalue weighted by atomic mass is 35.5. The maximum Gasteiger partial charge on any atom is 0.101 e. The lowest BCUT2D eigenvalue weighted by Crippen LogP contribution is -2.10. The number of rotatable bonds is 5. The van der Waals surface area contributed by atoms with Gasteiger partial charge in [0.1, 0.15) is 6.07 Å². The molecule has 0 fully saturated rings. The van der Waals surface area contributed by atoms with Crippen molar-refractivity contribution in [3.63, 3.8) is 0 Å². The van der Waals surface area contributed by atoms with Crippen molar-refractivity contribution in [3.05, 3.63) is 64.7 Å². The first-order valence-corrected chi connectivity index (χ1v) is 7.13. The molecule has 0 aliphatic heterocycles. The van der Waals surface area contributed by atoms with Gasteiger partial charge in [0.05, 0.1) is 16.6 Å². The third-order valence-electron chi connectivity index (χ3n) is 3.21. The minimum Gasteiger partial charge on any atom is -0.378 e. The van der Waals surface area contributed by atoms with Gasteiger partial charge in [0, 0.05) is 5.69 Å². The van der Waals surface area contributed by atoms with E-state index in [0.717, 1.165) is 18.5 Å². The van der Waals surface area contributed by atoms with Gasteiger partial charge in [0.15, 0.2) is 0 Å². The molecule has 1 N–H and O–H groups in total. The summed E-state index contributed by atoms with van der Waals surface area (Å²) in [4.78, 5) is 0. The molecule has 0 aliphatic carbocycles. The van der Waals surface area contributed by atoms with Gasteiger partial charge in [-0.3, -0.25) is 0 Å². The first-order valence-electron chi connectivity index (χ1n) is 6.75. The van der Waals surface area contributed by atoms with E-state index in [1.54, 1.807) is 6.07 Å². The molecule has 0 saturated carbocycles. The topological polar surface area (TPSA) is 35.8 Å². The standard InChI is InChI=1S/C17H17ClN2/c1-2-6-17(13-7-4-3-5-8-13)20-15-10-9-14(12-19)16(18)11-15/h3-5,7-11,17,20H,2,6H2,1H3. The zero-order valence-electron chi connectivity index (χ0n) is 11.4. The molecule has 0 aliphatic rings. The van der Waals surface area contributed by atoms with Gasteiger partial charge in [-0.15, -0.1) is 0 Å². The van der Waals surface area contributed by atoms with E-state index in [0.29, 0.717) is 10.6 Å². The van der Waals surface area contributed by atoms with Crippen LogP contribution in [-0.4, -0.2) is 0 Å². The Kier molecular flexibility index (Phi) is 5.03. The number of nitriles is 1. The fraction of sp³-hybridized carbons (Fsp3) is 0.235. The van der Waals surface area contributed by atoms with Gasteiger partial charge >= 0.3 is 0 Å². The molecular weight excluding hydrogens is 268 g/mol. The highest BCUT2D eigenvalue weighted by molar-refractivity contribution is 6.32. The summed E-state index contributed by atoms with van der Waals surface area (Å²) < 4.78 is 0. The molecule has 0 spiro atoms. The summed E-state index contributed by atoms with van der Waals surface area (Å²) in [5.74, 6) is 0. The van der Waals surface area contributed by atoms with Gasteiger partial charge in [-0.1, -0.05) is 55.3 Å². The second-order valence-corrected chi connectivity index (χ2v) is 5.11. The van der Waals surface area contributed by atoms with Crippen molar-refractivity contribution in [2.75, 3.05) is 5.32 Å². The molecule has 0 amide bonds. The molecule has 2 aromatic carbocycles. The molecule has 0 aromatic heterocycles. The fourth-order valence-electron chi connectivity index (χ4n) is 2.19. The average Bonchev–Trinajstić information content (AvgIpc) is 2.48. The van der Waals surface area contributed by atoms with Crippen LogP contribution in [-0.2, 0) is 0 Å². The summed E-state index contributed by atoms with van der Waals surface area (Å²) in [5.41, 5.74) is 2.70. The quantitative estimate of drug-likeness (QED) is 0.822. The fourth-order valence-corrected chi connectivity index (χ4v) is 2.42. The average molecular weight is 285 g/mol. The van der Waals surface area contributed by atoms with Crippen molar-refractivity contribution < 1.29 is 0 Å². The first kappa shape index (κ1) is 14.4. The Bertz CT molecular complexity index is 602. The second-order valence-electron chi connectivity index (χ2n) is 4.70. The molecule has 3 heteroatoms. The lowest BCUT2D eigenvalue weighted by Gasteiger charge is -2.20. The number of nitrogens with one attached hydrogen (secondary N) is 1. The van der Waals surface area contributed by atoms with Gasteiger partial charge in [-0.2, -0.15) is 5.26 Å².